The van der Waals surface area contributed by atoms with E-state index in [1.54, 1.807) is 0 Å². The number of benzene rings is 1. The number of halogens is 1. The van der Waals surface area contributed by atoms with Crippen molar-refractivity contribution in [3.05, 3.63) is 29.3 Å². The van der Waals surface area contributed by atoms with E-state index in [0.717, 1.165) is 17.1 Å². The lowest BCUT2D eigenvalue weighted by Gasteiger charge is -2.19. The number of nitrogens with two attached hydrogens (primary N) is 1. The molecule has 0 saturated carbocycles. The van der Waals surface area contributed by atoms with Gasteiger partial charge in [0.1, 0.15) is 5.84 Å². The van der Waals surface area contributed by atoms with Crippen LogP contribution in [0.15, 0.2) is 29.4 Å². The summed E-state index contributed by atoms with van der Waals surface area (Å²) in [4.78, 5) is 0. The smallest absolute Gasteiger partial charge is 0.122 e. The maximum absolute atomic E-state index is 5.80. The minimum Gasteiger partial charge on any atom is -0.386 e. The second kappa shape index (κ2) is 3.50. The molecule has 0 saturated heterocycles. The van der Waals surface area contributed by atoms with Crippen LogP contribution in [0.25, 0.3) is 0 Å². The van der Waals surface area contributed by atoms with E-state index >= 15 is 0 Å². The van der Waals surface area contributed by atoms with Gasteiger partial charge in [0.15, 0.2) is 0 Å². The quantitative estimate of drug-likeness (QED) is 0.771. The van der Waals surface area contributed by atoms with Gasteiger partial charge in [0.2, 0.25) is 0 Å². The molecule has 74 valence electrons. The van der Waals surface area contributed by atoms with Crippen molar-refractivity contribution in [2.45, 2.75) is 19.4 Å². The van der Waals surface area contributed by atoms with Crippen LogP contribution >= 0.6 is 11.6 Å². The molecule has 3 nitrogen and oxygen atoms in total. The second-order valence-electron chi connectivity index (χ2n) is 3.47. The van der Waals surface area contributed by atoms with Gasteiger partial charge >= 0.3 is 0 Å². The van der Waals surface area contributed by atoms with Gasteiger partial charge < -0.3 is 5.73 Å². The third-order valence-corrected chi connectivity index (χ3v) is 2.50. The van der Waals surface area contributed by atoms with Crippen LogP contribution in [0.1, 0.15) is 13.3 Å². The lowest BCUT2D eigenvalue weighted by Crippen LogP contribution is -2.22. The third-order valence-electron chi connectivity index (χ3n) is 2.25. The molecule has 4 heteroatoms. The van der Waals surface area contributed by atoms with Crippen LogP contribution in [-0.2, 0) is 0 Å². The van der Waals surface area contributed by atoms with E-state index in [0.29, 0.717) is 11.9 Å². The SMILES string of the molecule is C[C@H]1CC(N)=NN1c1ccc(Cl)cc1. The highest BCUT2D eigenvalue weighted by Gasteiger charge is 2.21. The first-order valence-corrected chi connectivity index (χ1v) is 4.92. The topological polar surface area (TPSA) is 41.6 Å². The normalized spacial score (nSPS) is 21.1. The molecule has 0 spiro atoms. The summed E-state index contributed by atoms with van der Waals surface area (Å²) in [6.45, 7) is 2.10. The number of rotatable bonds is 1. The number of nitrogens with zero attached hydrogens (tertiary/aromatic N) is 2. The Hall–Kier alpha value is -1.22. The maximum atomic E-state index is 5.80. The number of hydrogen-bond acceptors (Lipinski definition) is 3. The molecule has 1 aliphatic rings. The van der Waals surface area contributed by atoms with Crippen LogP contribution in [0, 0.1) is 0 Å². The van der Waals surface area contributed by atoms with Gasteiger partial charge in [-0.15, -0.1) is 0 Å². The van der Waals surface area contributed by atoms with E-state index in [-0.39, 0.29) is 0 Å². The van der Waals surface area contributed by atoms with E-state index < -0.39 is 0 Å². The summed E-state index contributed by atoms with van der Waals surface area (Å²) in [7, 11) is 0. The Kier molecular flexibility index (Phi) is 2.33. The molecule has 2 N–H and O–H groups in total. The average molecular weight is 210 g/mol. The van der Waals surface area contributed by atoms with Gasteiger partial charge in [-0.1, -0.05) is 11.6 Å². The van der Waals surface area contributed by atoms with E-state index in [1.165, 1.54) is 0 Å². The molecule has 0 radical (unpaired) electrons. The van der Waals surface area contributed by atoms with Crippen LogP contribution in [0.5, 0.6) is 0 Å². The van der Waals surface area contributed by atoms with Crippen molar-refractivity contribution in [2.24, 2.45) is 10.8 Å². The summed E-state index contributed by atoms with van der Waals surface area (Å²) in [5.41, 5.74) is 6.70. The van der Waals surface area contributed by atoms with Gasteiger partial charge in [-0.3, -0.25) is 5.01 Å². The zero-order valence-corrected chi connectivity index (χ0v) is 8.70. The first-order valence-electron chi connectivity index (χ1n) is 4.54. The summed E-state index contributed by atoms with van der Waals surface area (Å²) < 4.78 is 0. The molecule has 1 aliphatic heterocycles. The highest BCUT2D eigenvalue weighted by Crippen LogP contribution is 2.24. The summed E-state index contributed by atoms with van der Waals surface area (Å²) >= 11 is 5.80. The fourth-order valence-corrected chi connectivity index (χ4v) is 1.70. The molecule has 1 heterocycles. The number of anilines is 1. The standard InChI is InChI=1S/C10H12ClN3/c1-7-6-10(12)13-14(7)9-4-2-8(11)3-5-9/h2-5,7H,6H2,1H3,(H2,12,13)/t7-/m0/s1. The van der Waals surface area contributed by atoms with Crippen LogP contribution in [0.3, 0.4) is 0 Å². The van der Waals surface area contributed by atoms with Crippen molar-refractivity contribution in [1.82, 2.24) is 0 Å². The lowest BCUT2D eigenvalue weighted by atomic mass is 10.2. The first kappa shape index (κ1) is 9.34. The van der Waals surface area contributed by atoms with Crippen molar-refractivity contribution >= 4 is 23.1 Å². The molecule has 0 fully saturated rings. The third kappa shape index (κ3) is 1.68. The Morgan fingerprint density at radius 1 is 1.43 bits per heavy atom. The van der Waals surface area contributed by atoms with Gasteiger partial charge in [0.25, 0.3) is 0 Å². The predicted molar refractivity (Wildman–Crippen MR) is 59.6 cm³/mol. The molecule has 1 aromatic carbocycles. The molecule has 0 bridgehead atoms. The van der Waals surface area contributed by atoms with Crippen molar-refractivity contribution < 1.29 is 0 Å². The van der Waals surface area contributed by atoms with Gasteiger partial charge in [0.05, 0.1) is 11.7 Å². The van der Waals surface area contributed by atoms with Crippen LogP contribution in [-0.4, -0.2) is 11.9 Å². The summed E-state index contributed by atoms with van der Waals surface area (Å²) in [5, 5.41) is 6.91. The molecule has 14 heavy (non-hydrogen) atoms. The van der Waals surface area contributed by atoms with Gasteiger partial charge in [-0.25, -0.2) is 0 Å². The summed E-state index contributed by atoms with van der Waals surface area (Å²) in [6, 6.07) is 7.93. The number of hydrogen-bond donors (Lipinski definition) is 1. The van der Waals surface area contributed by atoms with Gasteiger partial charge in [-0.05, 0) is 31.2 Å². The highest BCUT2D eigenvalue weighted by atomic mass is 35.5. The zero-order valence-electron chi connectivity index (χ0n) is 7.94. The predicted octanol–water partition coefficient (Wildman–Crippen LogP) is 2.21. The Balaban J connectivity index is 2.27. The number of amidine groups is 1. The molecule has 0 amide bonds. The van der Waals surface area contributed by atoms with E-state index in [1.807, 2.05) is 29.3 Å². The second-order valence-corrected chi connectivity index (χ2v) is 3.90. The minimum atomic E-state index is 0.330. The van der Waals surface area contributed by atoms with Crippen LogP contribution in [0.2, 0.25) is 5.02 Å². The largest absolute Gasteiger partial charge is 0.386 e. The molecular formula is C10H12ClN3. The molecule has 0 unspecified atom stereocenters. The zero-order chi connectivity index (χ0) is 10.1. The molecule has 1 aromatic rings. The molecule has 0 aromatic heterocycles. The summed E-state index contributed by atoms with van der Waals surface area (Å²) in [5.74, 6) is 0.687. The van der Waals surface area contributed by atoms with Crippen molar-refractivity contribution in [3.63, 3.8) is 0 Å². The Morgan fingerprint density at radius 2 is 2.07 bits per heavy atom. The van der Waals surface area contributed by atoms with E-state index in [2.05, 4.69) is 12.0 Å². The molecule has 0 aliphatic carbocycles. The van der Waals surface area contributed by atoms with Gasteiger partial charge in [-0.2, -0.15) is 5.10 Å². The first-order chi connectivity index (χ1) is 6.66. The highest BCUT2D eigenvalue weighted by molar-refractivity contribution is 6.30. The molecular weight excluding hydrogens is 198 g/mol. The monoisotopic (exact) mass is 209 g/mol. The summed E-state index contributed by atoms with van der Waals surface area (Å²) in [6.07, 6.45) is 0.822. The molecule has 2 rings (SSSR count). The number of hydrazone groups is 1. The fraction of sp³-hybridized carbons (Fsp3) is 0.300. The minimum absolute atomic E-state index is 0.330. The Labute approximate surface area is 88.2 Å². The molecule has 1 atom stereocenters. The average Bonchev–Trinajstić information content (AvgIpc) is 2.47. The Morgan fingerprint density at radius 3 is 2.57 bits per heavy atom. The van der Waals surface area contributed by atoms with Gasteiger partial charge in [0, 0.05) is 11.4 Å². The van der Waals surface area contributed by atoms with E-state index in [9.17, 15) is 0 Å². The van der Waals surface area contributed by atoms with Crippen molar-refractivity contribution in [2.75, 3.05) is 5.01 Å². The lowest BCUT2D eigenvalue weighted by molar-refractivity contribution is 0.723. The Bertz CT molecular complexity index is 358. The van der Waals surface area contributed by atoms with Crippen LogP contribution < -0.4 is 10.7 Å². The van der Waals surface area contributed by atoms with Crippen molar-refractivity contribution in [1.29, 1.82) is 0 Å². The van der Waals surface area contributed by atoms with Crippen molar-refractivity contribution in [3.8, 4) is 0 Å². The van der Waals surface area contributed by atoms with Crippen LogP contribution in [0.4, 0.5) is 5.69 Å². The fourth-order valence-electron chi connectivity index (χ4n) is 1.57. The maximum Gasteiger partial charge on any atom is 0.122 e. The van der Waals surface area contributed by atoms with E-state index in [4.69, 9.17) is 17.3 Å².